The molecule has 0 radical (unpaired) electrons. The van der Waals surface area contributed by atoms with E-state index < -0.39 is 35.2 Å². The second kappa shape index (κ2) is 7.61. The van der Waals surface area contributed by atoms with Crippen LogP contribution in [0.4, 0.5) is 11.4 Å². The predicted molar refractivity (Wildman–Crippen MR) is 128 cm³/mol. The summed E-state index contributed by atoms with van der Waals surface area (Å²) in [5, 5.41) is 6.34. The van der Waals surface area contributed by atoms with E-state index in [1.165, 1.54) is 24.3 Å². The first-order valence-electron chi connectivity index (χ1n) is 11.4. The Kier molecular flexibility index (Phi) is 4.62. The lowest BCUT2D eigenvalue weighted by Crippen LogP contribution is -2.53. The third kappa shape index (κ3) is 2.96. The quantitative estimate of drug-likeness (QED) is 0.508. The number of para-hydroxylation sites is 1. The molecule has 3 aromatic rings. The highest BCUT2D eigenvalue weighted by Gasteiger charge is 2.70. The van der Waals surface area contributed by atoms with Crippen molar-refractivity contribution in [3.05, 3.63) is 95.6 Å². The summed E-state index contributed by atoms with van der Waals surface area (Å²) in [6.45, 7) is 0. The van der Waals surface area contributed by atoms with Crippen molar-refractivity contribution in [1.29, 1.82) is 0 Å². The molecule has 2 saturated heterocycles. The van der Waals surface area contributed by atoms with Gasteiger partial charge in [-0.25, -0.2) is 4.90 Å². The summed E-state index contributed by atoms with van der Waals surface area (Å²) < 4.78 is 0. The maximum absolute atomic E-state index is 13.9. The van der Waals surface area contributed by atoms with Crippen molar-refractivity contribution < 1.29 is 19.2 Å². The summed E-state index contributed by atoms with van der Waals surface area (Å²) in [6, 6.07) is 22.5. The number of primary amides is 1. The molecular weight excluding hydrogens is 444 g/mol. The molecule has 174 valence electrons. The van der Waals surface area contributed by atoms with Crippen LogP contribution in [-0.2, 0) is 26.3 Å². The topological polar surface area (TPSA) is 122 Å². The van der Waals surface area contributed by atoms with Crippen molar-refractivity contribution in [3.8, 4) is 0 Å². The number of fused-ring (bicyclic) bond motifs is 4. The number of carbonyl (C=O) groups excluding carboxylic acids is 4. The summed E-state index contributed by atoms with van der Waals surface area (Å²) >= 11 is 0. The highest BCUT2D eigenvalue weighted by molar-refractivity contribution is 6.25. The standard InChI is InChI=1S/C27H22N4O4/c28-23(32)16-10-12-17(13-11-16)31-24(33)21-20(14-15-6-2-1-3-7-15)30-27(22(21)25(31)34)18-8-4-5-9-19(18)29-26(27)35/h1-13,20-22,30H,14H2,(H2,28,32)(H,29,35)/t20-,21+,22+,27+/m1/s1. The van der Waals surface area contributed by atoms with E-state index in [2.05, 4.69) is 10.6 Å². The number of carbonyl (C=O) groups is 4. The number of nitrogens with one attached hydrogen (secondary N) is 2. The van der Waals surface area contributed by atoms with Gasteiger partial charge < -0.3 is 11.1 Å². The van der Waals surface area contributed by atoms with Crippen LogP contribution in [-0.4, -0.2) is 29.7 Å². The van der Waals surface area contributed by atoms with Crippen LogP contribution in [0.5, 0.6) is 0 Å². The number of nitrogens with two attached hydrogens (primary N) is 1. The molecule has 4 N–H and O–H groups in total. The number of rotatable bonds is 4. The lowest BCUT2D eigenvalue weighted by Gasteiger charge is -2.29. The fourth-order valence-electron chi connectivity index (χ4n) is 5.83. The number of benzene rings is 3. The number of imide groups is 1. The van der Waals surface area contributed by atoms with E-state index in [-0.39, 0.29) is 17.4 Å². The third-order valence-corrected chi connectivity index (χ3v) is 7.33. The molecule has 4 amide bonds. The smallest absolute Gasteiger partial charge is 0.250 e. The molecule has 1 spiro atoms. The van der Waals surface area contributed by atoms with Gasteiger partial charge in [-0.05, 0) is 42.3 Å². The Balaban J connectivity index is 1.47. The summed E-state index contributed by atoms with van der Waals surface area (Å²) in [7, 11) is 0. The van der Waals surface area contributed by atoms with Crippen molar-refractivity contribution in [3.63, 3.8) is 0 Å². The molecule has 8 heteroatoms. The molecule has 3 heterocycles. The highest BCUT2D eigenvalue weighted by Crippen LogP contribution is 2.53. The normalized spacial score (nSPS) is 26.7. The first-order chi connectivity index (χ1) is 16.9. The molecule has 35 heavy (non-hydrogen) atoms. The van der Waals surface area contributed by atoms with E-state index in [0.29, 0.717) is 23.4 Å². The molecule has 2 fully saturated rings. The zero-order valence-electron chi connectivity index (χ0n) is 18.6. The minimum atomic E-state index is -1.35. The first kappa shape index (κ1) is 21.2. The molecule has 6 rings (SSSR count). The summed E-state index contributed by atoms with van der Waals surface area (Å²) in [4.78, 5) is 53.9. The Morgan fingerprint density at radius 1 is 0.886 bits per heavy atom. The maximum Gasteiger partial charge on any atom is 0.250 e. The van der Waals surface area contributed by atoms with Gasteiger partial charge in [0.1, 0.15) is 5.54 Å². The van der Waals surface area contributed by atoms with Gasteiger partial charge >= 0.3 is 0 Å². The van der Waals surface area contributed by atoms with Crippen molar-refractivity contribution in [2.45, 2.75) is 18.0 Å². The maximum atomic E-state index is 13.9. The van der Waals surface area contributed by atoms with Crippen LogP contribution in [0.3, 0.4) is 0 Å². The van der Waals surface area contributed by atoms with Gasteiger partial charge in [-0.15, -0.1) is 0 Å². The number of anilines is 2. The molecule has 4 atom stereocenters. The van der Waals surface area contributed by atoms with Crippen molar-refractivity contribution in [2.75, 3.05) is 10.2 Å². The SMILES string of the molecule is NC(=O)c1ccc(N2C(=O)[C@@H]3[C@@H](C2=O)[C@]2(N[C@@H]3Cc3ccccc3)C(=O)Nc3ccccc32)cc1. The Morgan fingerprint density at radius 2 is 1.57 bits per heavy atom. The molecule has 0 saturated carbocycles. The average molecular weight is 466 g/mol. The Hall–Kier alpha value is -4.30. The Bertz CT molecular complexity index is 1390. The van der Waals surface area contributed by atoms with E-state index in [0.717, 1.165) is 10.5 Å². The molecular formula is C27H22N4O4. The van der Waals surface area contributed by atoms with Crippen LogP contribution in [0.15, 0.2) is 78.9 Å². The van der Waals surface area contributed by atoms with Gasteiger partial charge in [0, 0.05) is 22.9 Å². The summed E-state index contributed by atoms with van der Waals surface area (Å²) in [6.07, 6.45) is 0.479. The van der Waals surface area contributed by atoms with Gasteiger partial charge in [-0.3, -0.25) is 24.5 Å². The van der Waals surface area contributed by atoms with Crippen LogP contribution < -0.4 is 21.3 Å². The largest absolute Gasteiger partial charge is 0.366 e. The molecule has 0 aliphatic carbocycles. The number of hydrogen-bond acceptors (Lipinski definition) is 5. The van der Waals surface area contributed by atoms with Crippen LogP contribution in [0, 0.1) is 11.8 Å². The van der Waals surface area contributed by atoms with E-state index in [9.17, 15) is 19.2 Å². The Labute approximate surface area is 201 Å². The van der Waals surface area contributed by atoms with Crippen LogP contribution >= 0.6 is 0 Å². The van der Waals surface area contributed by atoms with Gasteiger partial charge in [0.25, 0.3) is 0 Å². The molecule has 8 nitrogen and oxygen atoms in total. The zero-order chi connectivity index (χ0) is 24.3. The van der Waals surface area contributed by atoms with Gasteiger partial charge in [-0.1, -0.05) is 48.5 Å². The minimum Gasteiger partial charge on any atom is -0.366 e. The summed E-state index contributed by atoms with van der Waals surface area (Å²) in [5.74, 6) is -3.40. The van der Waals surface area contributed by atoms with Crippen molar-refractivity contribution >= 4 is 35.0 Å². The fraction of sp³-hybridized carbons (Fsp3) is 0.185. The second-order valence-corrected chi connectivity index (χ2v) is 9.17. The number of hydrogen-bond donors (Lipinski definition) is 3. The Morgan fingerprint density at radius 3 is 2.29 bits per heavy atom. The van der Waals surface area contributed by atoms with Gasteiger partial charge in [0.15, 0.2) is 0 Å². The lowest BCUT2D eigenvalue weighted by molar-refractivity contribution is -0.130. The van der Waals surface area contributed by atoms with Crippen molar-refractivity contribution in [2.24, 2.45) is 17.6 Å². The molecule has 0 unspecified atom stereocenters. The highest BCUT2D eigenvalue weighted by atomic mass is 16.2. The minimum absolute atomic E-state index is 0.275. The molecule has 3 aromatic carbocycles. The average Bonchev–Trinajstić information content (AvgIpc) is 3.44. The zero-order valence-corrected chi connectivity index (χ0v) is 18.6. The van der Waals surface area contributed by atoms with Crippen LogP contribution in [0.2, 0.25) is 0 Å². The van der Waals surface area contributed by atoms with E-state index >= 15 is 0 Å². The molecule has 3 aliphatic heterocycles. The fourth-order valence-corrected chi connectivity index (χ4v) is 5.83. The third-order valence-electron chi connectivity index (χ3n) is 7.33. The van der Waals surface area contributed by atoms with Gasteiger partial charge in [0.2, 0.25) is 23.6 Å². The molecule has 3 aliphatic rings. The first-order valence-corrected chi connectivity index (χ1v) is 11.4. The van der Waals surface area contributed by atoms with Gasteiger partial charge in [0.05, 0.1) is 17.5 Å². The predicted octanol–water partition coefficient (Wildman–Crippen LogP) is 1.95. The number of nitrogens with zero attached hydrogens (tertiary/aromatic N) is 1. The number of amides is 4. The van der Waals surface area contributed by atoms with Crippen molar-refractivity contribution in [1.82, 2.24) is 5.32 Å². The van der Waals surface area contributed by atoms with E-state index in [4.69, 9.17) is 5.73 Å². The van der Waals surface area contributed by atoms with Crippen LogP contribution in [0.1, 0.15) is 21.5 Å². The summed E-state index contributed by atoms with van der Waals surface area (Å²) in [5.41, 5.74) is 6.91. The van der Waals surface area contributed by atoms with E-state index in [1.54, 1.807) is 6.07 Å². The second-order valence-electron chi connectivity index (χ2n) is 9.17. The molecule has 0 aromatic heterocycles. The lowest BCUT2D eigenvalue weighted by atomic mass is 9.76. The van der Waals surface area contributed by atoms with E-state index in [1.807, 2.05) is 48.5 Å². The van der Waals surface area contributed by atoms with Crippen LogP contribution in [0.25, 0.3) is 0 Å². The van der Waals surface area contributed by atoms with Gasteiger partial charge in [-0.2, -0.15) is 0 Å². The molecule has 0 bridgehead atoms. The monoisotopic (exact) mass is 466 g/mol.